The van der Waals surface area contributed by atoms with Crippen LogP contribution in [0.4, 0.5) is 0 Å². The number of nitrogens with zero attached hydrogens (tertiary/aromatic N) is 1. The van der Waals surface area contributed by atoms with Crippen molar-refractivity contribution in [1.82, 2.24) is 5.32 Å². The summed E-state index contributed by atoms with van der Waals surface area (Å²) in [5.74, 6) is 2.66. The number of rotatable bonds is 2. The Balaban J connectivity index is 1.33. The van der Waals surface area contributed by atoms with Crippen LogP contribution in [0.1, 0.15) is 78.1 Å². The van der Waals surface area contributed by atoms with Crippen LogP contribution in [0.25, 0.3) is 0 Å². The molecule has 0 aromatic heterocycles. The Labute approximate surface area is 171 Å². The molecule has 4 fully saturated rings. The van der Waals surface area contributed by atoms with E-state index in [1.54, 1.807) is 11.1 Å². The van der Waals surface area contributed by atoms with Crippen LogP contribution in [-0.2, 0) is 4.84 Å². The number of nitrogens with one attached hydrogen (secondary N) is 1. The zero-order valence-electron chi connectivity index (χ0n) is 17.9. The molecular weight excluding hydrogens is 344 g/mol. The van der Waals surface area contributed by atoms with Crippen molar-refractivity contribution in [3.63, 3.8) is 0 Å². The summed E-state index contributed by atoms with van der Waals surface area (Å²) in [6, 6.07) is 0. The molecule has 154 valence electrons. The molecule has 3 saturated carbocycles. The summed E-state index contributed by atoms with van der Waals surface area (Å²) >= 11 is 0. The third kappa shape index (κ3) is 2.91. The Morgan fingerprint density at radius 2 is 1.75 bits per heavy atom. The second-order valence-electron chi connectivity index (χ2n) is 10.7. The summed E-state index contributed by atoms with van der Waals surface area (Å²) in [5.41, 5.74) is 5.24. The monoisotopic (exact) mass is 382 g/mol. The molecule has 5 aliphatic rings. The van der Waals surface area contributed by atoms with Gasteiger partial charge in [-0.05, 0) is 112 Å². The van der Waals surface area contributed by atoms with Crippen molar-refractivity contribution in [1.29, 1.82) is 0 Å². The Kier molecular flexibility index (Phi) is 4.73. The molecule has 0 bridgehead atoms. The fourth-order valence-electron chi connectivity index (χ4n) is 7.59. The van der Waals surface area contributed by atoms with Crippen molar-refractivity contribution in [3.8, 4) is 0 Å². The summed E-state index contributed by atoms with van der Waals surface area (Å²) in [6.07, 6.45) is 15.3. The van der Waals surface area contributed by atoms with Crippen molar-refractivity contribution in [3.05, 3.63) is 23.8 Å². The van der Waals surface area contributed by atoms with E-state index >= 15 is 0 Å². The van der Waals surface area contributed by atoms with E-state index in [1.165, 1.54) is 50.7 Å². The van der Waals surface area contributed by atoms with E-state index in [0.29, 0.717) is 16.9 Å². The molecule has 1 aliphatic heterocycles. The maximum absolute atomic E-state index is 5.92. The van der Waals surface area contributed by atoms with Crippen LogP contribution in [0.3, 0.4) is 0 Å². The molecule has 0 amide bonds. The second kappa shape index (κ2) is 7.00. The lowest BCUT2D eigenvalue weighted by Gasteiger charge is -2.57. The minimum atomic E-state index is 0.308. The van der Waals surface area contributed by atoms with E-state index in [-0.39, 0.29) is 0 Å². The third-order valence-corrected chi connectivity index (χ3v) is 9.54. The molecular formula is C25H38N2O. The van der Waals surface area contributed by atoms with Gasteiger partial charge in [0, 0.05) is 0 Å². The first-order chi connectivity index (χ1) is 13.5. The first kappa shape index (κ1) is 18.9. The second-order valence-corrected chi connectivity index (χ2v) is 10.7. The van der Waals surface area contributed by atoms with Crippen molar-refractivity contribution < 1.29 is 4.84 Å². The average Bonchev–Trinajstić information content (AvgIpc) is 3.02. The standard InChI is InChI=1S/C25H38N2O/c1-17-4-7-22-21-6-5-18-16-19(27-28-20-10-14-26-15-11-20)8-12-25(18,3)23(21)9-13-24(17,22)2/h16,20-23,26H,1,4-15H2,2-3H3/t21?,22?,23?,24-,25+/m1/s1. The molecule has 1 saturated heterocycles. The number of hydrogen-bond donors (Lipinski definition) is 1. The van der Waals surface area contributed by atoms with Gasteiger partial charge < -0.3 is 10.2 Å². The fourth-order valence-corrected chi connectivity index (χ4v) is 7.59. The molecule has 4 aliphatic carbocycles. The quantitative estimate of drug-likeness (QED) is 0.496. The van der Waals surface area contributed by atoms with E-state index < -0.39 is 0 Å². The highest BCUT2D eigenvalue weighted by molar-refractivity contribution is 5.96. The zero-order chi connectivity index (χ0) is 19.4. The van der Waals surface area contributed by atoms with Crippen LogP contribution in [-0.4, -0.2) is 24.9 Å². The fraction of sp³-hybridized carbons (Fsp3) is 0.800. The summed E-state index contributed by atoms with van der Waals surface area (Å²) < 4.78 is 0. The van der Waals surface area contributed by atoms with Gasteiger partial charge in [0.15, 0.2) is 0 Å². The minimum absolute atomic E-state index is 0.308. The van der Waals surface area contributed by atoms with Gasteiger partial charge in [-0.2, -0.15) is 0 Å². The van der Waals surface area contributed by atoms with E-state index in [2.05, 4.69) is 37.0 Å². The Morgan fingerprint density at radius 1 is 0.964 bits per heavy atom. The zero-order valence-corrected chi connectivity index (χ0v) is 17.9. The van der Waals surface area contributed by atoms with Gasteiger partial charge in [0.05, 0.1) is 5.71 Å². The van der Waals surface area contributed by atoms with Gasteiger partial charge in [-0.1, -0.05) is 36.7 Å². The summed E-state index contributed by atoms with van der Waals surface area (Å²) in [4.78, 5) is 5.92. The van der Waals surface area contributed by atoms with Crippen LogP contribution in [0, 0.1) is 28.6 Å². The number of oxime groups is 1. The van der Waals surface area contributed by atoms with Crippen LogP contribution in [0.5, 0.6) is 0 Å². The molecule has 1 N–H and O–H groups in total. The number of allylic oxidation sites excluding steroid dienone is 3. The van der Waals surface area contributed by atoms with E-state index in [0.717, 1.165) is 50.1 Å². The Bertz CT molecular complexity index is 703. The normalized spacial score (nSPS) is 45.2. The van der Waals surface area contributed by atoms with Gasteiger partial charge >= 0.3 is 0 Å². The highest BCUT2D eigenvalue weighted by atomic mass is 16.6. The summed E-state index contributed by atoms with van der Waals surface area (Å²) in [7, 11) is 0. The van der Waals surface area contributed by atoms with E-state index in [4.69, 9.17) is 4.84 Å². The number of hydrogen-bond acceptors (Lipinski definition) is 3. The predicted octanol–water partition coefficient (Wildman–Crippen LogP) is 5.63. The van der Waals surface area contributed by atoms with Gasteiger partial charge in [0.2, 0.25) is 0 Å². The van der Waals surface area contributed by atoms with Crippen LogP contribution in [0.2, 0.25) is 0 Å². The maximum atomic E-state index is 5.92. The van der Waals surface area contributed by atoms with Gasteiger partial charge in [0.1, 0.15) is 6.10 Å². The van der Waals surface area contributed by atoms with Gasteiger partial charge in [0.25, 0.3) is 0 Å². The molecule has 28 heavy (non-hydrogen) atoms. The molecule has 0 radical (unpaired) electrons. The van der Waals surface area contributed by atoms with Gasteiger partial charge in [-0.25, -0.2) is 0 Å². The summed E-state index contributed by atoms with van der Waals surface area (Å²) in [6.45, 7) is 11.7. The molecule has 5 atom stereocenters. The Hall–Kier alpha value is -1.09. The van der Waals surface area contributed by atoms with Crippen molar-refractivity contribution in [2.24, 2.45) is 33.7 Å². The molecule has 0 aromatic carbocycles. The third-order valence-electron chi connectivity index (χ3n) is 9.54. The van der Waals surface area contributed by atoms with Gasteiger partial charge in [-0.15, -0.1) is 0 Å². The van der Waals surface area contributed by atoms with Crippen LogP contribution in [0.15, 0.2) is 29.0 Å². The molecule has 3 heteroatoms. The SMILES string of the molecule is C=C1CCC2C3CCC4=CC(=NOC5CCNCC5)CC[C@]4(C)C3CC[C@]12C. The lowest BCUT2D eigenvalue weighted by molar-refractivity contribution is -0.0228. The Morgan fingerprint density at radius 3 is 2.57 bits per heavy atom. The molecule has 1 heterocycles. The highest BCUT2D eigenvalue weighted by Gasteiger charge is 2.57. The van der Waals surface area contributed by atoms with Crippen LogP contribution < -0.4 is 5.32 Å². The summed E-state index contributed by atoms with van der Waals surface area (Å²) in [5, 5.41) is 8.00. The number of fused-ring (bicyclic) bond motifs is 5. The minimum Gasteiger partial charge on any atom is -0.392 e. The molecule has 3 nitrogen and oxygen atoms in total. The molecule has 5 rings (SSSR count). The van der Waals surface area contributed by atoms with Gasteiger partial charge in [-0.3, -0.25) is 0 Å². The first-order valence-electron chi connectivity index (χ1n) is 11.8. The van der Waals surface area contributed by atoms with Crippen molar-refractivity contribution in [2.45, 2.75) is 84.2 Å². The van der Waals surface area contributed by atoms with E-state index in [1.807, 2.05) is 0 Å². The maximum Gasteiger partial charge on any atom is 0.130 e. The first-order valence-corrected chi connectivity index (χ1v) is 11.8. The topological polar surface area (TPSA) is 33.6 Å². The van der Waals surface area contributed by atoms with Crippen molar-refractivity contribution in [2.75, 3.05) is 13.1 Å². The van der Waals surface area contributed by atoms with Crippen molar-refractivity contribution >= 4 is 5.71 Å². The smallest absolute Gasteiger partial charge is 0.130 e. The molecule has 0 spiro atoms. The highest BCUT2D eigenvalue weighted by Crippen LogP contribution is 2.66. The predicted molar refractivity (Wildman–Crippen MR) is 115 cm³/mol. The lowest BCUT2D eigenvalue weighted by Crippen LogP contribution is -2.49. The largest absolute Gasteiger partial charge is 0.392 e. The number of piperidine rings is 1. The molecule has 0 aromatic rings. The average molecular weight is 383 g/mol. The van der Waals surface area contributed by atoms with E-state index in [9.17, 15) is 0 Å². The lowest BCUT2D eigenvalue weighted by atomic mass is 9.47. The van der Waals surface area contributed by atoms with Crippen LogP contribution >= 0.6 is 0 Å². The molecule has 3 unspecified atom stereocenters.